The van der Waals surface area contributed by atoms with Crippen LogP contribution in [-0.4, -0.2) is 117 Å². The fraction of sp³-hybridized carbons (Fsp3) is 0.467. The number of nitrogen functional groups attached to an aromatic ring is 1. The molecular formula is C30H34N7O10S2-. The van der Waals surface area contributed by atoms with Gasteiger partial charge in [-0.15, -0.1) is 23.1 Å². The van der Waals surface area contributed by atoms with Gasteiger partial charge in [0.05, 0.1) is 43.8 Å². The van der Waals surface area contributed by atoms with Crippen LogP contribution in [-0.2, 0) is 33.6 Å². The number of nitrogens with two attached hydrogens (primary N) is 1. The summed E-state index contributed by atoms with van der Waals surface area (Å²) in [6.45, 7) is 3.99. The molecule has 2 saturated heterocycles. The van der Waals surface area contributed by atoms with Gasteiger partial charge in [0, 0.05) is 35.1 Å². The van der Waals surface area contributed by atoms with Crippen molar-refractivity contribution in [2.45, 2.75) is 50.1 Å². The van der Waals surface area contributed by atoms with Crippen molar-refractivity contribution in [3.8, 4) is 0 Å². The topological polar surface area (TPSA) is 257 Å². The Balaban J connectivity index is 1.28. The molecule has 4 aliphatic rings. The number of nitrogens with one attached hydrogen (secondary N) is 2. The highest BCUT2D eigenvalue weighted by Crippen LogP contribution is 2.41. The number of aliphatic hydroxyl groups is 1. The van der Waals surface area contributed by atoms with Crippen molar-refractivity contribution in [3.05, 3.63) is 45.8 Å². The minimum absolute atomic E-state index is 0.00555. The predicted octanol–water partition coefficient (Wildman–Crippen LogP) is -2.55. The number of amides is 3. The first-order valence-electron chi connectivity index (χ1n) is 15.5. The lowest BCUT2D eigenvalue weighted by Gasteiger charge is -2.51. The highest BCUT2D eigenvalue weighted by Gasteiger charge is 2.54. The van der Waals surface area contributed by atoms with Gasteiger partial charge in [0.2, 0.25) is 11.7 Å². The molecule has 1 aromatic heterocycles. The minimum Gasteiger partial charge on any atom is -0.546 e. The number of carboxylic acid groups (broad SMARTS) is 2. The molecule has 4 heterocycles. The summed E-state index contributed by atoms with van der Waals surface area (Å²) in [5, 5.41) is 43.1. The molecule has 0 radical (unpaired) electrons. The molecule has 0 unspecified atom stereocenters. The summed E-state index contributed by atoms with van der Waals surface area (Å²) in [4.78, 5) is 85.0. The van der Waals surface area contributed by atoms with Crippen LogP contribution in [0.25, 0.3) is 0 Å². The molecule has 5 rings (SSSR count). The molecule has 0 aromatic carbocycles. The van der Waals surface area contributed by atoms with Gasteiger partial charge >= 0.3 is 0 Å². The third-order valence-electron chi connectivity index (χ3n) is 8.69. The molecule has 0 spiro atoms. The van der Waals surface area contributed by atoms with Crippen molar-refractivity contribution in [1.29, 1.82) is 0 Å². The molecular weight excluding hydrogens is 683 g/mol. The fourth-order valence-corrected chi connectivity index (χ4v) is 8.04. The maximum Gasteiger partial charge on any atom is 0.276 e. The summed E-state index contributed by atoms with van der Waals surface area (Å²) in [6, 6.07) is -1.14. The summed E-state index contributed by atoms with van der Waals surface area (Å²) >= 11 is 2.27. The lowest BCUT2D eigenvalue weighted by Crippen LogP contribution is -2.72. The molecule has 49 heavy (non-hydrogen) atoms. The number of aromatic nitrogens is 1. The first-order valence-corrected chi connectivity index (χ1v) is 17.4. The van der Waals surface area contributed by atoms with E-state index in [9.17, 15) is 44.1 Å². The zero-order chi connectivity index (χ0) is 35.5. The van der Waals surface area contributed by atoms with Crippen molar-refractivity contribution in [2.24, 2.45) is 5.16 Å². The highest BCUT2D eigenvalue weighted by molar-refractivity contribution is 8.00. The van der Waals surface area contributed by atoms with Crippen LogP contribution >= 0.6 is 23.1 Å². The molecule has 1 aliphatic carbocycles. The zero-order valence-electron chi connectivity index (χ0n) is 26.3. The number of carbonyl (C=O) groups excluding carboxylic acids is 6. The Kier molecular flexibility index (Phi) is 10.7. The van der Waals surface area contributed by atoms with Gasteiger partial charge in [0.25, 0.3) is 11.8 Å². The number of fused-ring (bicyclic) bond motifs is 1. The van der Waals surface area contributed by atoms with E-state index in [2.05, 4.69) is 20.8 Å². The van der Waals surface area contributed by atoms with Gasteiger partial charge in [0.1, 0.15) is 23.7 Å². The molecule has 2 fully saturated rings. The first-order chi connectivity index (χ1) is 23.3. The number of hydrogen-bond donors (Lipinski definition) is 4. The van der Waals surface area contributed by atoms with E-state index in [-0.39, 0.29) is 47.2 Å². The van der Waals surface area contributed by atoms with Crippen molar-refractivity contribution in [1.82, 2.24) is 20.5 Å². The lowest BCUT2D eigenvalue weighted by molar-refractivity contribution is -0.911. The number of quaternary nitrogens is 1. The molecule has 3 atom stereocenters. The number of aliphatic carboxylic acids is 2. The van der Waals surface area contributed by atoms with Crippen molar-refractivity contribution in [3.63, 3.8) is 0 Å². The normalized spacial score (nSPS) is 22.4. The van der Waals surface area contributed by atoms with E-state index in [1.54, 1.807) is 0 Å². The van der Waals surface area contributed by atoms with E-state index >= 15 is 0 Å². The maximum absolute atomic E-state index is 13.4. The van der Waals surface area contributed by atoms with E-state index < -0.39 is 64.4 Å². The standard InChI is InChI=1S/C30H35N7O10S2/c1-2-20(28(43)44)47-35-21(17-14-49-30(31)33-17)25(41)34-22-26(42)36-23(29(45)46)16(13-48-27(22)36)12-37(8-3-4-9-37)10-7-32-24(40)15-5-6-18(38)19(39)11-15/h6,11,14,20,22,27H,2-5,7-10,12-13H2,1H3,(H6-,31,32,33,34,38,40,41,43,44,45,46)/p-1/b35-21-/t20-,22+,27+/m0/s1. The van der Waals surface area contributed by atoms with Gasteiger partial charge in [0.15, 0.2) is 22.7 Å². The summed E-state index contributed by atoms with van der Waals surface area (Å²) in [5.41, 5.74) is 5.73. The van der Waals surface area contributed by atoms with Crippen molar-refractivity contribution >= 4 is 69.4 Å². The van der Waals surface area contributed by atoms with E-state index in [4.69, 9.17) is 10.6 Å². The Morgan fingerprint density at radius 1 is 1.24 bits per heavy atom. The maximum atomic E-state index is 13.4. The molecule has 0 bridgehead atoms. The van der Waals surface area contributed by atoms with E-state index in [0.717, 1.165) is 48.2 Å². The minimum atomic E-state index is -1.54. The molecule has 262 valence electrons. The number of hydrogen-bond acceptors (Lipinski definition) is 15. The molecule has 17 nitrogen and oxygen atoms in total. The number of anilines is 1. The quantitative estimate of drug-likeness (QED) is 0.0670. The van der Waals surface area contributed by atoms with Crippen LogP contribution in [0, 0.1) is 0 Å². The largest absolute Gasteiger partial charge is 0.546 e. The summed E-state index contributed by atoms with van der Waals surface area (Å²) in [5.74, 6) is -5.90. The Hall–Kier alpha value is -4.75. The molecule has 19 heteroatoms. The van der Waals surface area contributed by atoms with Crippen molar-refractivity contribution < 1.29 is 53.4 Å². The number of β-lactam (4-membered cyclic amide) rings is 1. The highest BCUT2D eigenvalue weighted by atomic mass is 32.2. The average Bonchev–Trinajstić information content (AvgIpc) is 3.71. The predicted molar refractivity (Wildman–Crippen MR) is 171 cm³/mol. The smallest absolute Gasteiger partial charge is 0.276 e. The SMILES string of the molecule is CC[C@H](O/N=C(\C(=O)N[C@@H]1C(=O)N2C(C(=O)[O-])=C(C[N+]3(CCNC(=O)C4=CC(=O)C(O)=CC4)CCCC3)CS[C@H]12)c1csc(N)n1)C(=O)[O-]. The molecule has 3 amide bonds. The molecule has 0 saturated carbocycles. The fourth-order valence-electron chi connectivity index (χ4n) is 6.15. The van der Waals surface area contributed by atoms with Crippen LogP contribution in [0.4, 0.5) is 5.13 Å². The number of likely N-dealkylation sites (tertiary alicyclic amines) is 1. The monoisotopic (exact) mass is 716 g/mol. The molecule has 5 N–H and O–H groups in total. The van der Waals surface area contributed by atoms with Crippen LogP contribution in [0.15, 0.2) is 45.3 Å². The van der Waals surface area contributed by atoms with Crippen LogP contribution in [0.1, 0.15) is 38.3 Å². The van der Waals surface area contributed by atoms with Gasteiger partial charge < -0.3 is 50.6 Å². The second-order valence-corrected chi connectivity index (χ2v) is 13.9. The third kappa shape index (κ3) is 7.62. The van der Waals surface area contributed by atoms with Gasteiger partial charge in [-0.1, -0.05) is 12.1 Å². The summed E-state index contributed by atoms with van der Waals surface area (Å²) < 4.78 is 0.472. The number of rotatable bonds is 14. The number of allylic oxidation sites excluding steroid dienone is 2. The third-order valence-corrected chi connectivity index (χ3v) is 10.7. The van der Waals surface area contributed by atoms with Crippen LogP contribution in [0.2, 0.25) is 0 Å². The van der Waals surface area contributed by atoms with Crippen molar-refractivity contribution in [2.75, 3.05) is 44.2 Å². The lowest BCUT2D eigenvalue weighted by atomic mass is 10.0. The number of ketones is 1. The summed E-state index contributed by atoms with van der Waals surface area (Å²) in [6.07, 6.45) is 2.82. The second kappa shape index (κ2) is 14.8. The van der Waals surface area contributed by atoms with Gasteiger partial charge in [-0.3, -0.25) is 24.1 Å². The van der Waals surface area contributed by atoms with E-state index in [0.29, 0.717) is 23.1 Å². The number of nitrogens with zero attached hydrogens (tertiary/aromatic N) is 4. The Bertz CT molecular complexity index is 1690. The van der Waals surface area contributed by atoms with Crippen LogP contribution in [0.5, 0.6) is 0 Å². The number of carbonyl (C=O) groups is 6. The van der Waals surface area contributed by atoms with E-state index in [1.807, 2.05) is 0 Å². The number of thiazole rings is 1. The summed E-state index contributed by atoms with van der Waals surface area (Å²) in [7, 11) is 0. The average molecular weight is 717 g/mol. The number of thioether (sulfide) groups is 1. The second-order valence-electron chi connectivity index (χ2n) is 11.9. The number of carboxylic acids is 2. The Morgan fingerprint density at radius 3 is 2.59 bits per heavy atom. The zero-order valence-corrected chi connectivity index (χ0v) is 28.0. The van der Waals surface area contributed by atoms with Gasteiger partial charge in [-0.05, 0) is 25.0 Å². The van der Waals surface area contributed by atoms with Crippen LogP contribution in [0.3, 0.4) is 0 Å². The first kappa shape index (κ1) is 35.6. The Labute approximate surface area is 288 Å². The number of oxime groups is 1. The van der Waals surface area contributed by atoms with Gasteiger partial charge in [-0.2, -0.15) is 0 Å². The van der Waals surface area contributed by atoms with Gasteiger partial charge in [-0.25, -0.2) is 4.98 Å². The van der Waals surface area contributed by atoms with Crippen LogP contribution < -0.4 is 26.6 Å². The number of aliphatic hydroxyl groups excluding tert-OH is 1. The molecule has 1 aromatic rings. The molecule has 3 aliphatic heterocycles. The van der Waals surface area contributed by atoms with E-state index in [1.165, 1.54) is 30.1 Å². The Morgan fingerprint density at radius 2 is 1.98 bits per heavy atom.